The Morgan fingerprint density at radius 1 is 1.44 bits per heavy atom. The van der Waals surface area contributed by atoms with Gasteiger partial charge in [0.15, 0.2) is 11.6 Å². The molecule has 0 aliphatic carbocycles. The second kappa shape index (κ2) is 5.44. The summed E-state index contributed by atoms with van der Waals surface area (Å²) in [5, 5.41) is 2.57. The summed E-state index contributed by atoms with van der Waals surface area (Å²) >= 11 is 0. The predicted octanol–water partition coefficient (Wildman–Crippen LogP) is 1.50. The van der Waals surface area contributed by atoms with Crippen molar-refractivity contribution < 1.29 is 13.6 Å². The number of rotatable bonds is 3. The van der Waals surface area contributed by atoms with Gasteiger partial charge in [-0.05, 0) is 36.6 Å². The molecule has 1 fully saturated rings. The largest absolute Gasteiger partial charge is 0.358 e. The van der Waals surface area contributed by atoms with E-state index < -0.39 is 11.6 Å². The Morgan fingerprint density at radius 2 is 2.22 bits per heavy atom. The molecule has 0 bridgehead atoms. The molecule has 18 heavy (non-hydrogen) atoms. The normalized spacial score (nSPS) is 20.1. The lowest BCUT2D eigenvalue weighted by molar-refractivity contribution is -0.121. The fourth-order valence-electron chi connectivity index (χ4n) is 2.30. The van der Waals surface area contributed by atoms with E-state index in [1.807, 2.05) is 4.90 Å². The van der Waals surface area contributed by atoms with E-state index in [0.717, 1.165) is 24.6 Å². The lowest BCUT2D eigenvalue weighted by atomic mass is 9.98. The first-order valence-electron chi connectivity index (χ1n) is 5.98. The van der Waals surface area contributed by atoms with Crippen molar-refractivity contribution in [3.8, 4) is 0 Å². The zero-order valence-corrected chi connectivity index (χ0v) is 10.2. The maximum atomic E-state index is 13.1. The number of nitrogens with zero attached hydrogens (tertiary/aromatic N) is 1. The number of carbonyl (C=O) groups is 1. The highest BCUT2D eigenvalue weighted by Crippen LogP contribution is 2.27. The molecule has 98 valence electrons. The number of benzene rings is 1. The van der Waals surface area contributed by atoms with Gasteiger partial charge in [-0.15, -0.1) is 0 Å². The third-order valence-corrected chi connectivity index (χ3v) is 3.33. The van der Waals surface area contributed by atoms with Gasteiger partial charge in [0, 0.05) is 13.6 Å². The molecule has 1 aromatic rings. The lowest BCUT2D eigenvalue weighted by Crippen LogP contribution is -2.34. The van der Waals surface area contributed by atoms with Crippen LogP contribution in [0.15, 0.2) is 18.2 Å². The number of carbonyl (C=O) groups excluding carboxylic acids is 1. The minimum absolute atomic E-state index is 0.0269. The van der Waals surface area contributed by atoms with E-state index in [1.165, 1.54) is 6.07 Å². The van der Waals surface area contributed by atoms with Crippen LogP contribution in [-0.4, -0.2) is 37.5 Å². The summed E-state index contributed by atoms with van der Waals surface area (Å²) in [6.45, 7) is 1.87. The first-order valence-corrected chi connectivity index (χ1v) is 5.98. The van der Waals surface area contributed by atoms with Crippen molar-refractivity contribution in [3.05, 3.63) is 35.4 Å². The van der Waals surface area contributed by atoms with Crippen LogP contribution in [0.5, 0.6) is 0 Å². The van der Waals surface area contributed by atoms with Crippen molar-refractivity contribution in [2.24, 2.45) is 0 Å². The van der Waals surface area contributed by atoms with Crippen LogP contribution < -0.4 is 5.32 Å². The molecule has 0 radical (unpaired) electrons. The van der Waals surface area contributed by atoms with Crippen molar-refractivity contribution in [1.82, 2.24) is 10.2 Å². The highest BCUT2D eigenvalue weighted by molar-refractivity contribution is 5.77. The molecule has 1 atom stereocenters. The Balaban J connectivity index is 1.99. The summed E-state index contributed by atoms with van der Waals surface area (Å²) in [4.78, 5) is 13.3. The van der Waals surface area contributed by atoms with Crippen LogP contribution in [0, 0.1) is 11.6 Å². The second-order valence-corrected chi connectivity index (χ2v) is 4.57. The summed E-state index contributed by atoms with van der Waals surface area (Å²) < 4.78 is 26.0. The summed E-state index contributed by atoms with van der Waals surface area (Å²) in [6, 6.07) is 4.03. The molecule has 0 saturated carbocycles. The first kappa shape index (κ1) is 13.0. The molecule has 5 heteroatoms. The standard InChI is InChI=1S/C13H16F2N2O/c1-16-13(18)8-17-5-4-10(7-17)9-2-3-11(14)12(15)6-9/h2-3,6,10H,4-5,7-8H2,1H3,(H,16,18). The van der Waals surface area contributed by atoms with Crippen molar-refractivity contribution in [1.29, 1.82) is 0 Å². The van der Waals surface area contributed by atoms with Crippen LogP contribution in [-0.2, 0) is 4.79 Å². The van der Waals surface area contributed by atoms with E-state index in [-0.39, 0.29) is 11.8 Å². The maximum Gasteiger partial charge on any atom is 0.233 e. The van der Waals surface area contributed by atoms with Crippen molar-refractivity contribution in [3.63, 3.8) is 0 Å². The summed E-state index contributed by atoms with van der Waals surface area (Å²) in [5.41, 5.74) is 0.799. The van der Waals surface area contributed by atoms with Crippen LogP contribution in [0.2, 0.25) is 0 Å². The number of likely N-dealkylation sites (N-methyl/N-ethyl adjacent to an activating group) is 1. The Morgan fingerprint density at radius 3 is 2.89 bits per heavy atom. The van der Waals surface area contributed by atoms with Crippen molar-refractivity contribution in [2.75, 3.05) is 26.7 Å². The smallest absolute Gasteiger partial charge is 0.233 e. The number of likely N-dealkylation sites (tertiary alicyclic amines) is 1. The minimum atomic E-state index is -0.820. The molecule has 1 aliphatic heterocycles. The van der Waals surface area contributed by atoms with Gasteiger partial charge in [0.05, 0.1) is 6.54 Å². The SMILES string of the molecule is CNC(=O)CN1CCC(c2ccc(F)c(F)c2)C1. The molecule has 1 saturated heterocycles. The molecule has 2 rings (SSSR count). The van der Waals surface area contributed by atoms with E-state index in [0.29, 0.717) is 13.1 Å². The van der Waals surface area contributed by atoms with Crippen molar-refractivity contribution in [2.45, 2.75) is 12.3 Å². The van der Waals surface area contributed by atoms with Gasteiger partial charge >= 0.3 is 0 Å². The van der Waals surface area contributed by atoms with E-state index in [9.17, 15) is 13.6 Å². The average molecular weight is 254 g/mol. The Labute approximate surface area is 105 Å². The average Bonchev–Trinajstić information content (AvgIpc) is 2.81. The van der Waals surface area contributed by atoms with E-state index in [1.54, 1.807) is 13.1 Å². The number of halogens is 2. The molecule has 3 nitrogen and oxygen atoms in total. The van der Waals surface area contributed by atoms with Gasteiger partial charge in [0.2, 0.25) is 5.91 Å². The summed E-state index contributed by atoms with van der Waals surface area (Å²) in [7, 11) is 1.60. The molecular formula is C13H16F2N2O. The van der Waals surface area contributed by atoms with Crippen molar-refractivity contribution >= 4 is 5.91 Å². The Kier molecular flexibility index (Phi) is 3.91. The lowest BCUT2D eigenvalue weighted by Gasteiger charge is -2.15. The molecule has 1 aromatic carbocycles. The molecule has 1 unspecified atom stereocenters. The molecule has 0 aromatic heterocycles. The minimum Gasteiger partial charge on any atom is -0.358 e. The number of hydrogen-bond donors (Lipinski definition) is 1. The highest BCUT2D eigenvalue weighted by Gasteiger charge is 2.25. The van der Waals surface area contributed by atoms with Gasteiger partial charge in [-0.2, -0.15) is 0 Å². The fourth-order valence-corrected chi connectivity index (χ4v) is 2.30. The Hall–Kier alpha value is -1.49. The number of nitrogens with one attached hydrogen (secondary N) is 1. The quantitative estimate of drug-likeness (QED) is 0.886. The molecule has 0 spiro atoms. The van der Waals surface area contributed by atoms with Crippen LogP contribution in [0.3, 0.4) is 0 Å². The summed E-state index contributed by atoms with van der Waals surface area (Å²) in [6.07, 6.45) is 0.863. The Bertz CT molecular complexity index is 451. The number of hydrogen-bond acceptors (Lipinski definition) is 2. The zero-order valence-electron chi connectivity index (χ0n) is 10.2. The molecular weight excluding hydrogens is 238 g/mol. The molecule has 1 heterocycles. The maximum absolute atomic E-state index is 13.1. The molecule has 1 N–H and O–H groups in total. The van der Waals surface area contributed by atoms with E-state index in [2.05, 4.69) is 5.32 Å². The van der Waals surface area contributed by atoms with Gasteiger partial charge in [-0.25, -0.2) is 8.78 Å². The van der Waals surface area contributed by atoms with Gasteiger partial charge < -0.3 is 5.32 Å². The third-order valence-electron chi connectivity index (χ3n) is 3.33. The van der Waals surface area contributed by atoms with Gasteiger partial charge in [0.1, 0.15) is 0 Å². The van der Waals surface area contributed by atoms with E-state index in [4.69, 9.17) is 0 Å². The first-order chi connectivity index (χ1) is 8.60. The van der Waals surface area contributed by atoms with Gasteiger partial charge in [-0.1, -0.05) is 6.07 Å². The van der Waals surface area contributed by atoms with Crippen LogP contribution in [0.25, 0.3) is 0 Å². The second-order valence-electron chi connectivity index (χ2n) is 4.57. The van der Waals surface area contributed by atoms with Gasteiger partial charge in [-0.3, -0.25) is 9.69 Å². The monoisotopic (exact) mass is 254 g/mol. The summed E-state index contributed by atoms with van der Waals surface area (Å²) in [5.74, 6) is -1.48. The zero-order chi connectivity index (χ0) is 13.1. The molecule has 1 aliphatic rings. The van der Waals surface area contributed by atoms with Crippen LogP contribution in [0.4, 0.5) is 8.78 Å². The third kappa shape index (κ3) is 2.85. The number of amides is 1. The van der Waals surface area contributed by atoms with Crippen LogP contribution >= 0.6 is 0 Å². The van der Waals surface area contributed by atoms with Crippen LogP contribution in [0.1, 0.15) is 17.9 Å². The topological polar surface area (TPSA) is 32.3 Å². The predicted molar refractivity (Wildman–Crippen MR) is 64.2 cm³/mol. The van der Waals surface area contributed by atoms with Gasteiger partial charge in [0.25, 0.3) is 0 Å². The van der Waals surface area contributed by atoms with E-state index >= 15 is 0 Å². The highest BCUT2D eigenvalue weighted by atomic mass is 19.2. The fraction of sp³-hybridized carbons (Fsp3) is 0.462. The molecule has 1 amide bonds.